The van der Waals surface area contributed by atoms with E-state index in [1.54, 1.807) is 19.1 Å². The Bertz CT molecular complexity index is 1350. The molecule has 0 aliphatic carbocycles. The number of benzene rings is 2. The Labute approximate surface area is 208 Å². The molecule has 1 unspecified atom stereocenters. The fourth-order valence-electron chi connectivity index (χ4n) is 3.88. The third-order valence-corrected chi connectivity index (χ3v) is 7.53. The van der Waals surface area contributed by atoms with Gasteiger partial charge in [0, 0.05) is 0 Å². The van der Waals surface area contributed by atoms with Gasteiger partial charge in [-0.3, -0.25) is 9.59 Å². The molecule has 2 heterocycles. The molecule has 0 radical (unpaired) electrons. The first-order valence-corrected chi connectivity index (χ1v) is 12.5. The summed E-state index contributed by atoms with van der Waals surface area (Å²) in [5.41, 5.74) is 0.484. The molecule has 2 aromatic carbocycles. The lowest BCUT2D eigenvalue weighted by Crippen LogP contribution is -2.45. The highest BCUT2D eigenvalue weighted by Crippen LogP contribution is 2.31. The van der Waals surface area contributed by atoms with E-state index in [0.29, 0.717) is 11.5 Å². The first kappa shape index (κ1) is 25.1. The van der Waals surface area contributed by atoms with Crippen LogP contribution in [-0.2, 0) is 30.9 Å². The van der Waals surface area contributed by atoms with Crippen molar-refractivity contribution in [3.63, 3.8) is 0 Å². The summed E-state index contributed by atoms with van der Waals surface area (Å²) in [4.78, 5) is 39.2. The summed E-state index contributed by atoms with van der Waals surface area (Å²) in [6.07, 6.45) is 1.04. The van der Waals surface area contributed by atoms with E-state index in [1.165, 1.54) is 61.9 Å². The number of amides is 2. The summed E-state index contributed by atoms with van der Waals surface area (Å²) in [7, 11) is -2.75. The van der Waals surface area contributed by atoms with Crippen molar-refractivity contribution in [1.29, 1.82) is 0 Å². The molecular formula is C25H24N2O8S. The number of methoxy groups -OCH3 is 1. The highest BCUT2D eigenvalue weighted by Gasteiger charge is 2.47. The number of ether oxygens (including phenoxy) is 2. The fraction of sp³-hybridized carbons (Fsp3) is 0.240. The molecule has 0 saturated carbocycles. The van der Waals surface area contributed by atoms with Gasteiger partial charge in [0.15, 0.2) is 0 Å². The van der Waals surface area contributed by atoms with Gasteiger partial charge in [0.1, 0.15) is 17.6 Å². The zero-order chi connectivity index (χ0) is 25.9. The number of anilines is 1. The van der Waals surface area contributed by atoms with E-state index in [0.717, 1.165) is 9.21 Å². The van der Waals surface area contributed by atoms with Crippen LogP contribution in [0.3, 0.4) is 0 Å². The second kappa shape index (κ2) is 10.3. The van der Waals surface area contributed by atoms with Crippen molar-refractivity contribution in [2.45, 2.75) is 30.8 Å². The largest absolute Gasteiger partial charge is 0.497 e. The van der Waals surface area contributed by atoms with Crippen LogP contribution in [0.4, 0.5) is 5.69 Å². The minimum absolute atomic E-state index is 0.0626. The van der Waals surface area contributed by atoms with Crippen molar-refractivity contribution in [3.05, 3.63) is 78.3 Å². The third kappa shape index (κ3) is 4.88. The van der Waals surface area contributed by atoms with Crippen molar-refractivity contribution in [2.75, 3.05) is 18.6 Å². The Morgan fingerprint density at radius 1 is 1.08 bits per heavy atom. The predicted octanol–water partition coefficient (Wildman–Crippen LogP) is 2.99. The van der Waals surface area contributed by atoms with Crippen LogP contribution in [0.1, 0.15) is 29.5 Å². The number of sulfonamides is 1. The molecule has 1 fully saturated rings. The Kier molecular flexibility index (Phi) is 7.22. The molecule has 2 amide bonds. The molecule has 36 heavy (non-hydrogen) atoms. The molecule has 1 saturated heterocycles. The van der Waals surface area contributed by atoms with Gasteiger partial charge >= 0.3 is 5.97 Å². The van der Waals surface area contributed by atoms with E-state index in [-0.39, 0.29) is 35.7 Å². The van der Waals surface area contributed by atoms with Gasteiger partial charge in [-0.15, -0.1) is 0 Å². The lowest BCUT2D eigenvalue weighted by molar-refractivity contribution is -0.122. The molecule has 0 N–H and O–H groups in total. The zero-order valence-electron chi connectivity index (χ0n) is 19.6. The first-order chi connectivity index (χ1) is 17.3. The number of nitrogens with zero attached hydrogens (tertiary/aromatic N) is 2. The summed E-state index contributed by atoms with van der Waals surface area (Å²) in [6.45, 7) is 1.64. The summed E-state index contributed by atoms with van der Waals surface area (Å²) in [5, 5.41) is 0. The van der Waals surface area contributed by atoms with Crippen LogP contribution in [0.25, 0.3) is 0 Å². The highest BCUT2D eigenvalue weighted by molar-refractivity contribution is 7.89. The second-order valence-corrected chi connectivity index (χ2v) is 9.75. The number of carbonyl (C=O) groups is 3. The molecule has 1 aromatic heterocycles. The lowest BCUT2D eigenvalue weighted by Gasteiger charge is -2.26. The van der Waals surface area contributed by atoms with Crippen LogP contribution in [0.15, 0.2) is 76.2 Å². The lowest BCUT2D eigenvalue weighted by atomic mass is 10.2. The third-order valence-electron chi connectivity index (χ3n) is 5.66. The van der Waals surface area contributed by atoms with Crippen molar-refractivity contribution in [1.82, 2.24) is 4.31 Å². The zero-order valence-corrected chi connectivity index (χ0v) is 20.4. The number of hydrogen-bond donors (Lipinski definition) is 0. The van der Waals surface area contributed by atoms with Crippen LogP contribution < -0.4 is 9.64 Å². The smallest absolute Gasteiger partial charge is 0.338 e. The monoisotopic (exact) mass is 512 g/mol. The summed E-state index contributed by atoms with van der Waals surface area (Å²) in [5.74, 6) is -1.02. The standard InChI is InChI=1S/C25H24N2O8S/c1-3-34-25(30)17-6-8-18(9-7-17)27-23(28)15-22(24(27)29)26(16-20-5-4-14-35-20)36(31,32)21-12-10-19(33-2)11-13-21/h4-14,22H,3,15-16H2,1-2H3. The molecule has 1 aliphatic heterocycles. The number of rotatable bonds is 9. The van der Waals surface area contributed by atoms with Crippen molar-refractivity contribution in [3.8, 4) is 5.75 Å². The van der Waals surface area contributed by atoms with Crippen LogP contribution in [0, 0.1) is 0 Å². The van der Waals surface area contributed by atoms with Gasteiger partial charge in [-0.1, -0.05) is 0 Å². The maximum Gasteiger partial charge on any atom is 0.338 e. The van der Waals surface area contributed by atoms with E-state index < -0.39 is 33.8 Å². The molecule has 10 nitrogen and oxygen atoms in total. The molecule has 11 heteroatoms. The Balaban J connectivity index is 1.66. The number of hydrogen-bond acceptors (Lipinski definition) is 8. The number of imide groups is 1. The number of furan rings is 1. The van der Waals surface area contributed by atoms with E-state index in [9.17, 15) is 22.8 Å². The van der Waals surface area contributed by atoms with Crippen LogP contribution in [0.5, 0.6) is 5.75 Å². The van der Waals surface area contributed by atoms with Gasteiger partial charge < -0.3 is 13.9 Å². The van der Waals surface area contributed by atoms with Gasteiger partial charge in [-0.05, 0) is 67.6 Å². The Hall–Kier alpha value is -3.96. The topological polar surface area (TPSA) is 123 Å². The number of esters is 1. The van der Waals surface area contributed by atoms with E-state index in [4.69, 9.17) is 13.9 Å². The molecule has 188 valence electrons. The van der Waals surface area contributed by atoms with Crippen molar-refractivity contribution in [2.24, 2.45) is 0 Å². The maximum atomic E-state index is 13.6. The van der Waals surface area contributed by atoms with Gasteiger partial charge in [-0.25, -0.2) is 18.1 Å². The first-order valence-electron chi connectivity index (χ1n) is 11.1. The van der Waals surface area contributed by atoms with Gasteiger partial charge in [0.2, 0.25) is 15.9 Å². The quantitative estimate of drug-likeness (QED) is 0.317. The van der Waals surface area contributed by atoms with Crippen LogP contribution in [-0.4, -0.2) is 50.3 Å². The number of carbonyl (C=O) groups excluding carboxylic acids is 3. The minimum Gasteiger partial charge on any atom is -0.497 e. The summed E-state index contributed by atoms with van der Waals surface area (Å²) >= 11 is 0. The van der Waals surface area contributed by atoms with E-state index >= 15 is 0 Å². The minimum atomic E-state index is -4.21. The molecular weight excluding hydrogens is 488 g/mol. The average Bonchev–Trinajstić information content (AvgIpc) is 3.50. The molecule has 3 aromatic rings. The van der Waals surface area contributed by atoms with Gasteiger partial charge in [0.25, 0.3) is 5.91 Å². The normalized spacial score (nSPS) is 16.0. The van der Waals surface area contributed by atoms with E-state index in [1.807, 2.05) is 0 Å². The van der Waals surface area contributed by atoms with E-state index in [2.05, 4.69) is 0 Å². The van der Waals surface area contributed by atoms with Crippen molar-refractivity contribution >= 4 is 33.5 Å². The van der Waals surface area contributed by atoms with Gasteiger partial charge in [0.05, 0.1) is 49.1 Å². The fourth-order valence-corrected chi connectivity index (χ4v) is 5.42. The Morgan fingerprint density at radius 3 is 2.36 bits per heavy atom. The Morgan fingerprint density at radius 2 is 1.78 bits per heavy atom. The van der Waals surface area contributed by atoms with Crippen LogP contribution in [0.2, 0.25) is 0 Å². The molecule has 0 bridgehead atoms. The molecule has 1 atom stereocenters. The predicted molar refractivity (Wildman–Crippen MR) is 128 cm³/mol. The molecule has 1 aliphatic rings. The summed E-state index contributed by atoms with van der Waals surface area (Å²) in [6, 6.07) is 13.4. The molecule has 4 rings (SSSR count). The average molecular weight is 513 g/mol. The van der Waals surface area contributed by atoms with Gasteiger partial charge in [-0.2, -0.15) is 4.31 Å². The second-order valence-electron chi connectivity index (χ2n) is 7.86. The highest BCUT2D eigenvalue weighted by atomic mass is 32.2. The van der Waals surface area contributed by atoms with Crippen LogP contribution >= 0.6 is 0 Å². The maximum absolute atomic E-state index is 13.6. The summed E-state index contributed by atoms with van der Waals surface area (Å²) < 4.78 is 43.6. The van der Waals surface area contributed by atoms with Crippen molar-refractivity contribution < 1.29 is 36.7 Å². The molecule has 0 spiro atoms. The SMILES string of the molecule is CCOC(=O)c1ccc(N2C(=O)CC(N(Cc3ccco3)S(=O)(=O)c3ccc(OC)cc3)C2=O)cc1.